The first-order valence-corrected chi connectivity index (χ1v) is 6.50. The molecule has 0 amide bonds. The summed E-state index contributed by atoms with van der Waals surface area (Å²) >= 11 is 5.18. The molecule has 2 rings (SSSR count). The van der Waals surface area contributed by atoms with Crippen molar-refractivity contribution in [1.82, 2.24) is 4.98 Å². The van der Waals surface area contributed by atoms with Crippen molar-refractivity contribution in [3.63, 3.8) is 0 Å². The van der Waals surface area contributed by atoms with Gasteiger partial charge in [-0.1, -0.05) is 22.9 Å². The highest BCUT2D eigenvalue weighted by atomic mass is 79.9. The second-order valence-corrected chi connectivity index (χ2v) is 5.79. The van der Waals surface area contributed by atoms with Crippen LogP contribution in [0.3, 0.4) is 0 Å². The van der Waals surface area contributed by atoms with Crippen LogP contribution in [0.2, 0.25) is 0 Å². The maximum atomic E-state index is 5.88. The SMILES string of the molecule is CC(N)C(C)c1nc2cc(Br)ccc2s1. The average Bonchev–Trinajstić information content (AvgIpc) is 2.58. The van der Waals surface area contributed by atoms with E-state index in [1.165, 1.54) is 4.70 Å². The van der Waals surface area contributed by atoms with Gasteiger partial charge in [0.1, 0.15) is 0 Å². The summed E-state index contributed by atoms with van der Waals surface area (Å²) in [5.41, 5.74) is 6.93. The Hall–Kier alpha value is -0.450. The van der Waals surface area contributed by atoms with Crippen molar-refractivity contribution < 1.29 is 0 Å². The number of hydrogen-bond donors (Lipinski definition) is 1. The summed E-state index contributed by atoms with van der Waals surface area (Å²) in [5, 5.41) is 1.12. The van der Waals surface area contributed by atoms with Gasteiger partial charge in [-0.05, 0) is 25.1 Å². The van der Waals surface area contributed by atoms with Crippen LogP contribution in [0.4, 0.5) is 0 Å². The highest BCUT2D eigenvalue weighted by Crippen LogP contribution is 2.30. The van der Waals surface area contributed by atoms with E-state index < -0.39 is 0 Å². The Kier molecular flexibility index (Phi) is 3.09. The van der Waals surface area contributed by atoms with Crippen molar-refractivity contribution in [3.05, 3.63) is 27.7 Å². The number of halogens is 1. The Morgan fingerprint density at radius 3 is 2.80 bits per heavy atom. The van der Waals surface area contributed by atoms with Crippen LogP contribution in [0.1, 0.15) is 24.8 Å². The first-order valence-electron chi connectivity index (χ1n) is 4.89. The van der Waals surface area contributed by atoms with Crippen molar-refractivity contribution in [1.29, 1.82) is 0 Å². The van der Waals surface area contributed by atoms with Crippen LogP contribution in [0, 0.1) is 0 Å². The molecule has 0 saturated carbocycles. The quantitative estimate of drug-likeness (QED) is 0.917. The second-order valence-electron chi connectivity index (χ2n) is 3.81. The van der Waals surface area contributed by atoms with Gasteiger partial charge in [0, 0.05) is 16.4 Å². The molecule has 0 bridgehead atoms. The number of aromatic nitrogens is 1. The minimum atomic E-state index is 0.147. The Balaban J connectivity index is 2.47. The lowest BCUT2D eigenvalue weighted by atomic mass is 10.1. The summed E-state index contributed by atoms with van der Waals surface area (Å²) in [7, 11) is 0. The van der Waals surface area contributed by atoms with E-state index in [9.17, 15) is 0 Å². The molecule has 4 heteroatoms. The van der Waals surface area contributed by atoms with Gasteiger partial charge in [-0.25, -0.2) is 4.98 Å². The molecular weight excluding hydrogens is 272 g/mol. The van der Waals surface area contributed by atoms with Crippen LogP contribution in [-0.2, 0) is 0 Å². The molecule has 0 fully saturated rings. The van der Waals surface area contributed by atoms with Gasteiger partial charge in [0.15, 0.2) is 0 Å². The topological polar surface area (TPSA) is 38.9 Å². The maximum Gasteiger partial charge on any atom is 0.0982 e. The highest BCUT2D eigenvalue weighted by Gasteiger charge is 2.15. The number of benzene rings is 1. The molecule has 0 spiro atoms. The van der Waals surface area contributed by atoms with Crippen LogP contribution >= 0.6 is 27.3 Å². The largest absolute Gasteiger partial charge is 0.327 e. The number of nitrogens with two attached hydrogens (primary N) is 1. The van der Waals surface area contributed by atoms with E-state index in [0.29, 0.717) is 5.92 Å². The fraction of sp³-hybridized carbons (Fsp3) is 0.364. The van der Waals surface area contributed by atoms with Gasteiger partial charge < -0.3 is 5.73 Å². The minimum Gasteiger partial charge on any atom is -0.327 e. The van der Waals surface area contributed by atoms with Gasteiger partial charge in [0.05, 0.1) is 15.2 Å². The normalized spacial score (nSPS) is 15.5. The third kappa shape index (κ3) is 2.22. The lowest BCUT2D eigenvalue weighted by Gasteiger charge is -2.11. The molecule has 2 atom stereocenters. The van der Waals surface area contributed by atoms with Crippen LogP contribution in [0.25, 0.3) is 10.2 Å². The van der Waals surface area contributed by atoms with Gasteiger partial charge in [-0.2, -0.15) is 0 Å². The number of fused-ring (bicyclic) bond motifs is 1. The van der Waals surface area contributed by atoms with Crippen molar-refractivity contribution in [3.8, 4) is 0 Å². The number of nitrogens with zero attached hydrogens (tertiary/aromatic N) is 1. The first-order chi connectivity index (χ1) is 7.08. The molecule has 15 heavy (non-hydrogen) atoms. The molecule has 0 radical (unpaired) electrons. The van der Waals surface area contributed by atoms with Gasteiger partial charge in [-0.15, -0.1) is 11.3 Å². The molecule has 2 unspecified atom stereocenters. The summed E-state index contributed by atoms with van der Waals surface area (Å²) in [6.45, 7) is 4.14. The molecule has 2 aromatic rings. The Morgan fingerprint density at radius 1 is 1.40 bits per heavy atom. The van der Waals surface area contributed by atoms with Gasteiger partial charge >= 0.3 is 0 Å². The van der Waals surface area contributed by atoms with E-state index >= 15 is 0 Å². The Bertz CT molecular complexity index is 478. The first kappa shape index (κ1) is 11.0. The summed E-state index contributed by atoms with van der Waals surface area (Å²) < 4.78 is 2.29. The molecule has 0 aliphatic carbocycles. The van der Waals surface area contributed by atoms with E-state index in [0.717, 1.165) is 15.0 Å². The zero-order chi connectivity index (χ0) is 11.0. The zero-order valence-electron chi connectivity index (χ0n) is 8.70. The van der Waals surface area contributed by atoms with E-state index in [1.807, 2.05) is 19.1 Å². The van der Waals surface area contributed by atoms with E-state index in [-0.39, 0.29) is 6.04 Å². The minimum absolute atomic E-state index is 0.147. The van der Waals surface area contributed by atoms with E-state index in [2.05, 4.69) is 33.9 Å². The zero-order valence-corrected chi connectivity index (χ0v) is 11.1. The number of thiazole rings is 1. The molecule has 80 valence electrons. The Morgan fingerprint density at radius 2 is 2.13 bits per heavy atom. The molecule has 1 heterocycles. The summed E-state index contributed by atoms with van der Waals surface area (Å²) in [5.74, 6) is 0.321. The molecule has 1 aromatic heterocycles. The summed E-state index contributed by atoms with van der Waals surface area (Å²) in [4.78, 5) is 4.60. The summed E-state index contributed by atoms with van der Waals surface area (Å²) in [6, 6.07) is 6.33. The van der Waals surface area contributed by atoms with E-state index in [4.69, 9.17) is 5.73 Å². The monoisotopic (exact) mass is 284 g/mol. The van der Waals surface area contributed by atoms with Crippen LogP contribution in [0.5, 0.6) is 0 Å². The molecule has 0 saturated heterocycles. The Labute approximate surface area is 102 Å². The van der Waals surface area contributed by atoms with Gasteiger partial charge in [0.2, 0.25) is 0 Å². The fourth-order valence-electron chi connectivity index (χ4n) is 1.34. The lowest BCUT2D eigenvalue weighted by Crippen LogP contribution is -2.22. The van der Waals surface area contributed by atoms with Crippen molar-refractivity contribution in [2.24, 2.45) is 5.73 Å². The second kappa shape index (κ2) is 4.20. The third-order valence-corrected chi connectivity index (χ3v) is 4.27. The van der Waals surface area contributed by atoms with E-state index in [1.54, 1.807) is 11.3 Å². The van der Waals surface area contributed by atoms with Crippen LogP contribution < -0.4 is 5.73 Å². The number of rotatable bonds is 2. The van der Waals surface area contributed by atoms with Crippen molar-refractivity contribution >= 4 is 37.5 Å². The molecule has 0 aliphatic rings. The average molecular weight is 285 g/mol. The highest BCUT2D eigenvalue weighted by molar-refractivity contribution is 9.10. The molecule has 2 nitrogen and oxygen atoms in total. The maximum absolute atomic E-state index is 5.88. The van der Waals surface area contributed by atoms with Gasteiger partial charge in [0.25, 0.3) is 0 Å². The molecular formula is C11H13BrN2S. The van der Waals surface area contributed by atoms with Gasteiger partial charge in [-0.3, -0.25) is 0 Å². The molecule has 2 N–H and O–H groups in total. The van der Waals surface area contributed by atoms with Crippen LogP contribution in [-0.4, -0.2) is 11.0 Å². The molecule has 0 aliphatic heterocycles. The lowest BCUT2D eigenvalue weighted by molar-refractivity contribution is 0.611. The fourth-order valence-corrected chi connectivity index (χ4v) is 2.80. The smallest absolute Gasteiger partial charge is 0.0982 e. The van der Waals surface area contributed by atoms with Crippen molar-refractivity contribution in [2.45, 2.75) is 25.8 Å². The van der Waals surface area contributed by atoms with Crippen molar-refractivity contribution in [2.75, 3.05) is 0 Å². The van der Waals surface area contributed by atoms with Crippen LogP contribution in [0.15, 0.2) is 22.7 Å². The predicted molar refractivity (Wildman–Crippen MR) is 69.4 cm³/mol. The standard InChI is InChI=1S/C11H13BrN2S/c1-6(7(2)13)11-14-9-5-8(12)3-4-10(9)15-11/h3-7H,13H2,1-2H3. The number of hydrogen-bond acceptors (Lipinski definition) is 3. The predicted octanol–water partition coefficient (Wildman–Crippen LogP) is 3.51. The third-order valence-electron chi connectivity index (χ3n) is 2.54. The molecule has 1 aromatic carbocycles. The summed E-state index contributed by atoms with van der Waals surface area (Å²) in [6.07, 6.45) is 0.